The molecule has 0 saturated carbocycles. The van der Waals surface area contributed by atoms with Gasteiger partial charge in [0.25, 0.3) is 5.91 Å². The van der Waals surface area contributed by atoms with E-state index in [-0.39, 0.29) is 11.9 Å². The number of aromatic nitrogens is 1. The molecule has 1 unspecified atom stereocenters. The summed E-state index contributed by atoms with van der Waals surface area (Å²) in [6.45, 7) is 11.3. The van der Waals surface area contributed by atoms with Gasteiger partial charge in [-0.15, -0.1) is 0 Å². The lowest BCUT2D eigenvalue weighted by molar-refractivity contribution is 0.0491. The molecule has 0 aliphatic carbocycles. The Morgan fingerprint density at radius 1 is 1.64 bits per heavy atom. The van der Waals surface area contributed by atoms with Gasteiger partial charge in [0.2, 0.25) is 0 Å². The molecule has 1 aliphatic heterocycles. The lowest BCUT2D eigenvalue weighted by Crippen LogP contribution is -2.55. The van der Waals surface area contributed by atoms with Gasteiger partial charge in [-0.05, 0) is 19.7 Å². The molecule has 0 spiro atoms. The van der Waals surface area contributed by atoms with Crippen molar-refractivity contribution in [2.75, 3.05) is 26.2 Å². The lowest BCUT2D eigenvalue weighted by Gasteiger charge is -2.35. The van der Waals surface area contributed by atoms with E-state index in [0.717, 1.165) is 6.54 Å². The molecule has 1 atom stereocenters. The summed E-state index contributed by atoms with van der Waals surface area (Å²) < 4.78 is 11.0. The fourth-order valence-electron chi connectivity index (χ4n) is 2.48. The number of nitrogens with one attached hydrogen (secondary N) is 1. The third-order valence-electron chi connectivity index (χ3n) is 3.77. The molecule has 1 amide bonds. The predicted molar refractivity (Wildman–Crippen MR) is 96.5 cm³/mol. The first-order valence-corrected chi connectivity index (χ1v) is 8.18. The number of rotatable bonds is 8. The van der Waals surface area contributed by atoms with E-state index in [4.69, 9.17) is 9.15 Å². The summed E-state index contributed by atoms with van der Waals surface area (Å²) in [5, 5.41) is 3.27. The zero-order valence-corrected chi connectivity index (χ0v) is 14.5. The molecule has 7 nitrogen and oxygen atoms in total. The fraction of sp³-hybridized carbons (Fsp3) is 0.389. The van der Waals surface area contributed by atoms with Gasteiger partial charge >= 0.3 is 0 Å². The van der Waals surface area contributed by atoms with Gasteiger partial charge in [0.1, 0.15) is 18.6 Å². The molecule has 1 aliphatic rings. The Labute approximate surface area is 147 Å². The topological polar surface area (TPSA) is 80.0 Å². The van der Waals surface area contributed by atoms with Crippen LogP contribution in [-0.2, 0) is 11.2 Å². The van der Waals surface area contributed by atoms with Crippen molar-refractivity contribution in [2.45, 2.75) is 19.4 Å². The summed E-state index contributed by atoms with van der Waals surface area (Å²) in [6, 6.07) is -0.120. The lowest BCUT2D eigenvalue weighted by atomic mass is 10.2. The SMILES string of the molecule is C=C/C(=C\N=C)OCC1CNCCN1C(=O)c1coc(C/C=C\C)n1. The van der Waals surface area contributed by atoms with Crippen molar-refractivity contribution in [3.8, 4) is 0 Å². The van der Waals surface area contributed by atoms with Crippen LogP contribution in [0, 0.1) is 0 Å². The number of allylic oxidation sites excluding steroid dienone is 3. The third-order valence-corrected chi connectivity index (χ3v) is 3.77. The molecular weight excluding hydrogens is 320 g/mol. The van der Waals surface area contributed by atoms with Gasteiger partial charge in [-0.1, -0.05) is 18.7 Å². The molecule has 0 bridgehead atoms. The fourth-order valence-corrected chi connectivity index (χ4v) is 2.48. The Balaban J connectivity index is 2.04. The molecule has 0 aromatic carbocycles. The van der Waals surface area contributed by atoms with E-state index in [0.29, 0.717) is 43.5 Å². The molecule has 1 fully saturated rings. The average Bonchev–Trinajstić information content (AvgIpc) is 3.12. The van der Waals surface area contributed by atoms with Crippen LogP contribution in [0.4, 0.5) is 0 Å². The first kappa shape index (κ1) is 18.7. The van der Waals surface area contributed by atoms with Crippen LogP contribution < -0.4 is 5.32 Å². The van der Waals surface area contributed by atoms with E-state index in [9.17, 15) is 4.79 Å². The summed E-state index contributed by atoms with van der Waals surface area (Å²) in [6.07, 6.45) is 8.87. The first-order valence-electron chi connectivity index (χ1n) is 8.18. The summed E-state index contributed by atoms with van der Waals surface area (Å²) in [7, 11) is 0. The highest BCUT2D eigenvalue weighted by molar-refractivity contribution is 5.92. The van der Waals surface area contributed by atoms with Crippen LogP contribution in [0.2, 0.25) is 0 Å². The minimum atomic E-state index is -0.156. The van der Waals surface area contributed by atoms with E-state index in [1.807, 2.05) is 19.1 Å². The number of piperazine rings is 1. The summed E-state index contributed by atoms with van der Waals surface area (Å²) >= 11 is 0. The van der Waals surface area contributed by atoms with E-state index < -0.39 is 0 Å². The van der Waals surface area contributed by atoms with Crippen molar-refractivity contribution >= 4 is 12.6 Å². The molecular formula is C18H24N4O3. The second-order valence-electron chi connectivity index (χ2n) is 5.49. The Morgan fingerprint density at radius 3 is 3.20 bits per heavy atom. The number of carbonyl (C=O) groups is 1. The van der Waals surface area contributed by atoms with Gasteiger partial charge in [0.15, 0.2) is 11.6 Å². The highest BCUT2D eigenvalue weighted by Crippen LogP contribution is 2.13. The maximum atomic E-state index is 12.8. The van der Waals surface area contributed by atoms with Crippen molar-refractivity contribution in [2.24, 2.45) is 4.99 Å². The number of carbonyl (C=O) groups excluding carboxylic acids is 1. The van der Waals surface area contributed by atoms with E-state index in [2.05, 4.69) is 28.6 Å². The Morgan fingerprint density at radius 2 is 2.48 bits per heavy atom. The highest BCUT2D eigenvalue weighted by atomic mass is 16.5. The molecule has 7 heteroatoms. The van der Waals surface area contributed by atoms with Gasteiger partial charge in [0.05, 0.1) is 12.2 Å². The largest absolute Gasteiger partial charge is 0.490 e. The van der Waals surface area contributed by atoms with Gasteiger partial charge in [-0.2, -0.15) is 0 Å². The molecule has 134 valence electrons. The van der Waals surface area contributed by atoms with Crippen LogP contribution in [0.5, 0.6) is 0 Å². The Kier molecular flexibility index (Phi) is 7.16. The molecule has 25 heavy (non-hydrogen) atoms. The first-order chi connectivity index (χ1) is 12.2. The van der Waals surface area contributed by atoms with Gasteiger partial charge in [-0.3, -0.25) is 9.79 Å². The van der Waals surface area contributed by atoms with Crippen molar-refractivity contribution < 1.29 is 13.9 Å². The maximum absolute atomic E-state index is 12.8. The molecule has 1 saturated heterocycles. The molecule has 1 N–H and O–H groups in total. The van der Waals surface area contributed by atoms with Crippen molar-refractivity contribution in [1.82, 2.24) is 15.2 Å². The summed E-state index contributed by atoms with van der Waals surface area (Å²) in [5.74, 6) is 0.887. The van der Waals surface area contributed by atoms with Crippen molar-refractivity contribution in [1.29, 1.82) is 0 Å². The van der Waals surface area contributed by atoms with E-state index in [1.54, 1.807) is 11.0 Å². The van der Waals surface area contributed by atoms with Gasteiger partial charge in [-0.25, -0.2) is 4.98 Å². The highest BCUT2D eigenvalue weighted by Gasteiger charge is 2.29. The van der Waals surface area contributed by atoms with Crippen molar-refractivity contribution in [3.63, 3.8) is 0 Å². The van der Waals surface area contributed by atoms with Gasteiger partial charge in [0, 0.05) is 26.1 Å². The smallest absolute Gasteiger partial charge is 0.276 e. The normalized spacial score (nSPS) is 18.4. The number of amides is 1. The Hall–Kier alpha value is -2.67. The monoisotopic (exact) mass is 344 g/mol. The zero-order chi connectivity index (χ0) is 18.1. The minimum absolute atomic E-state index is 0.120. The summed E-state index contributed by atoms with van der Waals surface area (Å²) in [4.78, 5) is 22.5. The molecule has 1 aromatic heterocycles. The number of oxazole rings is 1. The second-order valence-corrected chi connectivity index (χ2v) is 5.49. The van der Waals surface area contributed by atoms with Crippen LogP contribution in [0.1, 0.15) is 23.3 Å². The maximum Gasteiger partial charge on any atom is 0.276 e. The number of hydrogen-bond donors (Lipinski definition) is 1. The van der Waals surface area contributed by atoms with Gasteiger partial charge < -0.3 is 19.4 Å². The number of nitrogens with zero attached hydrogens (tertiary/aromatic N) is 3. The van der Waals surface area contributed by atoms with Crippen LogP contribution >= 0.6 is 0 Å². The third kappa shape index (κ3) is 5.15. The molecule has 0 radical (unpaired) electrons. The minimum Gasteiger partial charge on any atom is -0.490 e. The zero-order valence-electron chi connectivity index (χ0n) is 14.5. The number of aliphatic imine (C=N–C) groups is 1. The van der Waals surface area contributed by atoms with E-state index in [1.165, 1.54) is 12.5 Å². The molecule has 2 heterocycles. The number of ether oxygens (including phenoxy) is 1. The van der Waals surface area contributed by atoms with Crippen LogP contribution in [0.15, 0.2) is 52.4 Å². The van der Waals surface area contributed by atoms with E-state index >= 15 is 0 Å². The van der Waals surface area contributed by atoms with Crippen LogP contribution in [0.25, 0.3) is 0 Å². The van der Waals surface area contributed by atoms with Crippen LogP contribution in [0.3, 0.4) is 0 Å². The second kappa shape index (κ2) is 9.58. The van der Waals surface area contributed by atoms with Crippen molar-refractivity contribution in [3.05, 3.63) is 54.6 Å². The summed E-state index contributed by atoms with van der Waals surface area (Å²) in [5.41, 5.74) is 0.318. The van der Waals surface area contributed by atoms with Crippen LogP contribution in [-0.4, -0.2) is 54.8 Å². The molecule has 1 aromatic rings. The quantitative estimate of drug-likeness (QED) is 0.337. The number of hydrogen-bond acceptors (Lipinski definition) is 6. The standard InChI is InChI=1S/C18H24N4O3/c1-4-6-7-17-21-16(13-25-17)18(23)22-9-8-20-10-14(22)12-24-15(5-2)11-19-3/h4-6,11,13-14,20H,2-3,7-10,12H2,1H3/b6-4-,15-11+. The average molecular weight is 344 g/mol. The predicted octanol–water partition coefficient (Wildman–Crippen LogP) is 1.95. The molecule has 2 rings (SSSR count). The Bertz CT molecular complexity index is 663.